The first-order chi connectivity index (χ1) is 5.91. The molecule has 0 aromatic carbocycles. The lowest BCUT2D eigenvalue weighted by atomic mass is 9.66. The fourth-order valence-electron chi connectivity index (χ4n) is 2.56. The fourth-order valence-corrected chi connectivity index (χ4v) is 2.56. The molecule has 0 saturated carbocycles. The second kappa shape index (κ2) is 3.61. The zero-order chi connectivity index (χ0) is 10.2. The van der Waals surface area contributed by atoms with Gasteiger partial charge in [-0.25, -0.2) is 0 Å². The van der Waals surface area contributed by atoms with Crippen LogP contribution in [0.5, 0.6) is 0 Å². The molecule has 0 aliphatic carbocycles. The van der Waals surface area contributed by atoms with E-state index in [1.807, 2.05) is 0 Å². The minimum atomic E-state index is 0.334. The Kier molecular flexibility index (Phi) is 3.06. The monoisotopic (exact) mass is 184 g/mol. The predicted octanol–water partition coefficient (Wildman–Crippen LogP) is 3.48. The summed E-state index contributed by atoms with van der Waals surface area (Å²) in [5.74, 6) is 1.43. The molecule has 1 saturated heterocycles. The molecule has 0 radical (unpaired) electrons. The molecule has 3 unspecified atom stereocenters. The first kappa shape index (κ1) is 11.0. The lowest BCUT2D eigenvalue weighted by Crippen LogP contribution is -2.49. The first-order valence-electron chi connectivity index (χ1n) is 5.56. The number of hydrogen-bond acceptors (Lipinski definition) is 1. The molecule has 0 aromatic heterocycles. The zero-order valence-corrected chi connectivity index (χ0v) is 9.92. The van der Waals surface area contributed by atoms with E-state index in [0.29, 0.717) is 23.5 Å². The highest BCUT2D eigenvalue weighted by atomic mass is 16.5. The molecular weight excluding hydrogens is 160 g/mol. The Bertz CT molecular complexity index is 170. The standard InChI is InChI=1S/C12H24O/c1-7-11-12(5,6)9(3)8(2)10(4)13-11/h8-11H,7H2,1-6H3/t8?,9-,10?,11?/m1/s1. The van der Waals surface area contributed by atoms with Gasteiger partial charge in [0.2, 0.25) is 0 Å². The zero-order valence-electron chi connectivity index (χ0n) is 9.92. The number of ether oxygens (including phenoxy) is 1. The third-order valence-corrected chi connectivity index (χ3v) is 4.28. The normalized spacial score (nSPS) is 44.8. The van der Waals surface area contributed by atoms with Gasteiger partial charge in [0.25, 0.3) is 0 Å². The van der Waals surface area contributed by atoms with E-state index in [9.17, 15) is 0 Å². The molecule has 1 aliphatic heterocycles. The van der Waals surface area contributed by atoms with E-state index in [1.165, 1.54) is 0 Å². The van der Waals surface area contributed by atoms with Gasteiger partial charge in [-0.15, -0.1) is 0 Å². The SMILES string of the molecule is CCC1OC(C)C(C)[C@@H](C)C1(C)C. The molecule has 0 aromatic rings. The molecule has 1 fully saturated rings. The lowest BCUT2D eigenvalue weighted by Gasteiger charge is -2.49. The number of rotatable bonds is 1. The summed E-state index contributed by atoms with van der Waals surface area (Å²) in [6, 6.07) is 0. The van der Waals surface area contributed by atoms with Gasteiger partial charge in [-0.3, -0.25) is 0 Å². The molecule has 13 heavy (non-hydrogen) atoms. The van der Waals surface area contributed by atoms with Gasteiger partial charge in [-0.2, -0.15) is 0 Å². The van der Waals surface area contributed by atoms with Crippen molar-refractivity contribution < 1.29 is 4.74 Å². The van der Waals surface area contributed by atoms with Gasteiger partial charge in [0, 0.05) is 0 Å². The van der Waals surface area contributed by atoms with Gasteiger partial charge in [-0.1, -0.05) is 34.6 Å². The highest BCUT2D eigenvalue weighted by Gasteiger charge is 2.44. The van der Waals surface area contributed by atoms with Crippen molar-refractivity contribution in [3.63, 3.8) is 0 Å². The third kappa shape index (κ3) is 1.76. The smallest absolute Gasteiger partial charge is 0.0629 e. The van der Waals surface area contributed by atoms with Crippen molar-refractivity contribution in [1.82, 2.24) is 0 Å². The van der Waals surface area contributed by atoms with E-state index < -0.39 is 0 Å². The highest BCUT2D eigenvalue weighted by molar-refractivity contribution is 4.91. The molecule has 1 heterocycles. The van der Waals surface area contributed by atoms with Gasteiger partial charge < -0.3 is 4.74 Å². The van der Waals surface area contributed by atoms with Crippen molar-refractivity contribution >= 4 is 0 Å². The van der Waals surface area contributed by atoms with Crippen LogP contribution >= 0.6 is 0 Å². The summed E-state index contributed by atoms with van der Waals surface area (Å²) in [7, 11) is 0. The summed E-state index contributed by atoms with van der Waals surface area (Å²) < 4.78 is 6.03. The molecule has 1 rings (SSSR count). The van der Waals surface area contributed by atoms with Crippen LogP contribution in [0.2, 0.25) is 0 Å². The molecule has 0 bridgehead atoms. The lowest BCUT2D eigenvalue weighted by molar-refractivity contribution is -0.166. The molecule has 1 aliphatic rings. The molecule has 1 heteroatoms. The van der Waals surface area contributed by atoms with Crippen LogP contribution in [0.3, 0.4) is 0 Å². The molecule has 0 N–H and O–H groups in total. The second-order valence-electron chi connectivity index (χ2n) is 5.21. The third-order valence-electron chi connectivity index (χ3n) is 4.28. The van der Waals surface area contributed by atoms with E-state index in [0.717, 1.165) is 12.3 Å². The molecule has 0 amide bonds. The Balaban J connectivity index is 2.82. The van der Waals surface area contributed by atoms with Gasteiger partial charge in [0.05, 0.1) is 12.2 Å². The highest BCUT2D eigenvalue weighted by Crippen LogP contribution is 2.44. The van der Waals surface area contributed by atoms with Crippen LogP contribution in [0.4, 0.5) is 0 Å². The summed E-state index contributed by atoms with van der Waals surface area (Å²) >= 11 is 0. The summed E-state index contributed by atoms with van der Waals surface area (Å²) in [5.41, 5.74) is 0.334. The van der Waals surface area contributed by atoms with Crippen LogP contribution in [-0.4, -0.2) is 12.2 Å². The maximum absolute atomic E-state index is 6.03. The van der Waals surface area contributed by atoms with Gasteiger partial charge in [-0.05, 0) is 30.6 Å². The Labute approximate surface area is 82.9 Å². The summed E-state index contributed by atoms with van der Waals surface area (Å²) in [5, 5.41) is 0. The Hall–Kier alpha value is -0.0400. The fraction of sp³-hybridized carbons (Fsp3) is 1.00. The minimum Gasteiger partial charge on any atom is -0.374 e. The summed E-state index contributed by atoms with van der Waals surface area (Å²) in [6.07, 6.45) is 2.00. The van der Waals surface area contributed by atoms with Crippen molar-refractivity contribution in [3.05, 3.63) is 0 Å². The van der Waals surface area contributed by atoms with Crippen molar-refractivity contribution in [3.8, 4) is 0 Å². The van der Waals surface area contributed by atoms with E-state index in [4.69, 9.17) is 4.74 Å². The van der Waals surface area contributed by atoms with E-state index in [2.05, 4.69) is 41.5 Å². The average Bonchev–Trinajstić information content (AvgIpc) is 2.08. The average molecular weight is 184 g/mol. The maximum Gasteiger partial charge on any atom is 0.0629 e. The molecular formula is C12H24O. The predicted molar refractivity (Wildman–Crippen MR) is 56.7 cm³/mol. The molecule has 4 atom stereocenters. The van der Waals surface area contributed by atoms with Crippen molar-refractivity contribution in [2.45, 2.75) is 60.2 Å². The summed E-state index contributed by atoms with van der Waals surface area (Å²) in [4.78, 5) is 0. The van der Waals surface area contributed by atoms with E-state index >= 15 is 0 Å². The van der Waals surface area contributed by atoms with Crippen LogP contribution in [0.25, 0.3) is 0 Å². The topological polar surface area (TPSA) is 9.23 Å². The Morgan fingerprint density at radius 2 is 1.69 bits per heavy atom. The van der Waals surface area contributed by atoms with Crippen LogP contribution < -0.4 is 0 Å². The van der Waals surface area contributed by atoms with Crippen LogP contribution in [0.1, 0.15) is 48.0 Å². The van der Waals surface area contributed by atoms with Gasteiger partial charge in [0.1, 0.15) is 0 Å². The van der Waals surface area contributed by atoms with Crippen molar-refractivity contribution in [2.75, 3.05) is 0 Å². The van der Waals surface area contributed by atoms with Crippen LogP contribution in [0.15, 0.2) is 0 Å². The minimum absolute atomic E-state index is 0.334. The molecule has 1 nitrogen and oxygen atoms in total. The van der Waals surface area contributed by atoms with Gasteiger partial charge >= 0.3 is 0 Å². The van der Waals surface area contributed by atoms with Gasteiger partial charge in [0.15, 0.2) is 0 Å². The largest absolute Gasteiger partial charge is 0.374 e. The Morgan fingerprint density at radius 3 is 2.15 bits per heavy atom. The number of hydrogen-bond donors (Lipinski definition) is 0. The van der Waals surface area contributed by atoms with Crippen molar-refractivity contribution in [2.24, 2.45) is 17.3 Å². The van der Waals surface area contributed by atoms with Crippen LogP contribution in [-0.2, 0) is 4.74 Å². The molecule has 0 spiro atoms. The second-order valence-corrected chi connectivity index (χ2v) is 5.21. The quantitative estimate of drug-likeness (QED) is 0.606. The van der Waals surface area contributed by atoms with Crippen molar-refractivity contribution in [1.29, 1.82) is 0 Å². The molecule has 78 valence electrons. The van der Waals surface area contributed by atoms with E-state index in [1.54, 1.807) is 0 Å². The van der Waals surface area contributed by atoms with E-state index in [-0.39, 0.29) is 0 Å². The summed E-state index contributed by atoms with van der Waals surface area (Å²) in [6.45, 7) is 13.8. The Morgan fingerprint density at radius 1 is 1.15 bits per heavy atom. The maximum atomic E-state index is 6.03. The van der Waals surface area contributed by atoms with Crippen LogP contribution in [0, 0.1) is 17.3 Å². The first-order valence-corrected chi connectivity index (χ1v) is 5.56.